The van der Waals surface area contributed by atoms with Gasteiger partial charge in [-0.15, -0.1) is 0 Å². The molecule has 1 aliphatic rings. The zero-order valence-corrected chi connectivity index (χ0v) is 13.6. The molecule has 114 valence electrons. The van der Waals surface area contributed by atoms with Crippen molar-refractivity contribution in [1.82, 2.24) is 24.9 Å². The fraction of sp³-hybridized carbons (Fsp3) is 0.800. The molecule has 0 saturated carbocycles. The molecule has 1 fully saturated rings. The second-order valence-corrected chi connectivity index (χ2v) is 6.22. The van der Waals surface area contributed by atoms with E-state index >= 15 is 0 Å². The predicted octanol–water partition coefficient (Wildman–Crippen LogP) is 0.495. The average molecular weight is 279 g/mol. The quantitative estimate of drug-likeness (QED) is 0.851. The lowest BCUT2D eigenvalue weighted by Crippen LogP contribution is -2.52. The largest absolute Gasteiger partial charge is 0.317 e. The van der Waals surface area contributed by atoms with Crippen molar-refractivity contribution < 1.29 is 0 Å². The average Bonchev–Trinajstić information content (AvgIpc) is 2.71. The van der Waals surface area contributed by atoms with E-state index in [1.165, 1.54) is 31.7 Å². The Labute approximate surface area is 122 Å². The summed E-state index contributed by atoms with van der Waals surface area (Å²) in [6.07, 6.45) is 2.23. The zero-order chi connectivity index (χ0) is 14.7. The van der Waals surface area contributed by atoms with E-state index in [9.17, 15) is 0 Å². The van der Waals surface area contributed by atoms with Gasteiger partial charge in [-0.1, -0.05) is 0 Å². The van der Waals surface area contributed by atoms with Crippen LogP contribution in [-0.4, -0.2) is 72.4 Å². The molecule has 1 aliphatic heterocycles. The van der Waals surface area contributed by atoms with Gasteiger partial charge in [-0.3, -0.25) is 4.68 Å². The Bertz CT molecular complexity index is 428. The molecule has 1 saturated heterocycles. The highest BCUT2D eigenvalue weighted by atomic mass is 15.3. The van der Waals surface area contributed by atoms with Gasteiger partial charge in [0.25, 0.3) is 0 Å². The number of piperazine rings is 1. The van der Waals surface area contributed by atoms with Gasteiger partial charge in [0.2, 0.25) is 0 Å². The van der Waals surface area contributed by atoms with E-state index < -0.39 is 0 Å². The zero-order valence-electron chi connectivity index (χ0n) is 13.6. The molecular weight excluding hydrogens is 250 g/mol. The Kier molecular flexibility index (Phi) is 5.18. The van der Waals surface area contributed by atoms with Crippen molar-refractivity contribution in [2.75, 3.05) is 40.8 Å². The molecule has 0 bridgehead atoms. The van der Waals surface area contributed by atoms with Crippen molar-refractivity contribution in [2.24, 2.45) is 7.05 Å². The second kappa shape index (κ2) is 6.70. The summed E-state index contributed by atoms with van der Waals surface area (Å²) >= 11 is 0. The molecule has 0 radical (unpaired) electrons. The number of nitrogens with zero attached hydrogens (tertiary/aromatic N) is 4. The standard InChI is InChI=1S/C15H29N5/c1-12-8-14(20(5)17-12)9-13(16-2)10-15-11-18(3)6-7-19(15)4/h8,13,15-16H,6-7,9-11H2,1-5H3. The molecule has 5 nitrogen and oxygen atoms in total. The maximum absolute atomic E-state index is 4.44. The monoisotopic (exact) mass is 279 g/mol. The minimum absolute atomic E-state index is 0.503. The van der Waals surface area contributed by atoms with Gasteiger partial charge < -0.3 is 15.1 Å². The van der Waals surface area contributed by atoms with Crippen LogP contribution in [0.4, 0.5) is 0 Å². The van der Waals surface area contributed by atoms with Crippen LogP contribution in [0.3, 0.4) is 0 Å². The van der Waals surface area contributed by atoms with Crippen LogP contribution in [0.2, 0.25) is 0 Å². The van der Waals surface area contributed by atoms with Crippen molar-refractivity contribution in [3.8, 4) is 0 Å². The van der Waals surface area contributed by atoms with Crippen LogP contribution in [0.5, 0.6) is 0 Å². The molecule has 0 amide bonds. The highest BCUT2D eigenvalue weighted by molar-refractivity contribution is 5.10. The Morgan fingerprint density at radius 1 is 1.35 bits per heavy atom. The van der Waals surface area contributed by atoms with Crippen molar-refractivity contribution in [3.63, 3.8) is 0 Å². The first-order valence-electron chi connectivity index (χ1n) is 7.55. The van der Waals surface area contributed by atoms with Crippen molar-refractivity contribution in [1.29, 1.82) is 0 Å². The number of hydrogen-bond donors (Lipinski definition) is 1. The third-order valence-electron chi connectivity index (χ3n) is 4.50. The van der Waals surface area contributed by atoms with Gasteiger partial charge in [-0.2, -0.15) is 5.10 Å². The molecule has 1 aromatic rings. The smallest absolute Gasteiger partial charge is 0.0596 e. The summed E-state index contributed by atoms with van der Waals surface area (Å²) in [5.41, 5.74) is 2.42. The molecule has 5 heteroatoms. The molecule has 1 aromatic heterocycles. The predicted molar refractivity (Wildman–Crippen MR) is 83.0 cm³/mol. The topological polar surface area (TPSA) is 36.3 Å². The molecule has 20 heavy (non-hydrogen) atoms. The summed E-state index contributed by atoms with van der Waals surface area (Å²) in [6.45, 7) is 5.57. The number of likely N-dealkylation sites (N-methyl/N-ethyl adjacent to an activating group) is 3. The number of aromatic nitrogens is 2. The molecule has 2 atom stereocenters. The maximum Gasteiger partial charge on any atom is 0.0596 e. The summed E-state index contributed by atoms with van der Waals surface area (Å²) in [7, 11) is 8.58. The molecule has 1 N–H and O–H groups in total. The van der Waals surface area contributed by atoms with Crippen LogP contribution in [0.25, 0.3) is 0 Å². The second-order valence-electron chi connectivity index (χ2n) is 6.22. The Balaban J connectivity index is 1.96. The fourth-order valence-electron chi connectivity index (χ4n) is 3.10. The normalized spacial score (nSPS) is 23.1. The number of aryl methyl sites for hydroxylation is 2. The van der Waals surface area contributed by atoms with Gasteiger partial charge in [-0.25, -0.2) is 0 Å². The van der Waals surface area contributed by atoms with Crippen LogP contribution in [0, 0.1) is 6.92 Å². The van der Waals surface area contributed by atoms with Crippen LogP contribution in [-0.2, 0) is 13.5 Å². The Morgan fingerprint density at radius 3 is 2.70 bits per heavy atom. The molecule has 0 aromatic carbocycles. The molecule has 2 heterocycles. The summed E-state index contributed by atoms with van der Waals surface area (Å²) in [5.74, 6) is 0. The molecule has 0 spiro atoms. The van der Waals surface area contributed by atoms with Crippen LogP contribution in [0.1, 0.15) is 17.8 Å². The van der Waals surface area contributed by atoms with Gasteiger partial charge in [0.15, 0.2) is 0 Å². The van der Waals surface area contributed by atoms with Gasteiger partial charge in [0.05, 0.1) is 5.69 Å². The van der Waals surface area contributed by atoms with Crippen LogP contribution < -0.4 is 5.32 Å². The molecular formula is C15H29N5. The summed E-state index contributed by atoms with van der Waals surface area (Å²) in [5, 5.41) is 7.93. The lowest BCUT2D eigenvalue weighted by molar-refractivity contribution is 0.101. The van der Waals surface area contributed by atoms with E-state index in [4.69, 9.17) is 0 Å². The highest BCUT2D eigenvalue weighted by Gasteiger charge is 2.25. The summed E-state index contributed by atoms with van der Waals surface area (Å²) in [6, 6.07) is 3.34. The SMILES string of the molecule is CNC(Cc1cc(C)nn1C)CC1CN(C)CCN1C. The summed E-state index contributed by atoms with van der Waals surface area (Å²) < 4.78 is 2.01. The van der Waals surface area contributed by atoms with Crippen LogP contribution in [0.15, 0.2) is 6.07 Å². The third-order valence-corrected chi connectivity index (χ3v) is 4.50. The fourth-order valence-corrected chi connectivity index (χ4v) is 3.10. The van der Waals surface area contributed by atoms with Gasteiger partial charge in [0.1, 0.15) is 0 Å². The van der Waals surface area contributed by atoms with E-state index in [2.05, 4.69) is 54.3 Å². The first-order valence-corrected chi connectivity index (χ1v) is 7.55. The van der Waals surface area contributed by atoms with E-state index in [1.54, 1.807) is 0 Å². The number of hydrogen-bond acceptors (Lipinski definition) is 4. The molecule has 2 rings (SSSR count). The Morgan fingerprint density at radius 2 is 2.10 bits per heavy atom. The van der Waals surface area contributed by atoms with E-state index in [-0.39, 0.29) is 0 Å². The first kappa shape index (κ1) is 15.5. The summed E-state index contributed by atoms with van der Waals surface area (Å²) in [4.78, 5) is 4.93. The lowest BCUT2D eigenvalue weighted by Gasteiger charge is -2.39. The molecule has 0 aliphatic carbocycles. The number of rotatable bonds is 5. The van der Waals surface area contributed by atoms with Crippen LogP contribution >= 0.6 is 0 Å². The van der Waals surface area contributed by atoms with Crippen molar-refractivity contribution >= 4 is 0 Å². The van der Waals surface area contributed by atoms with Gasteiger partial charge in [0, 0.05) is 50.9 Å². The third kappa shape index (κ3) is 3.81. The maximum atomic E-state index is 4.44. The number of nitrogens with one attached hydrogen (secondary N) is 1. The highest BCUT2D eigenvalue weighted by Crippen LogP contribution is 2.15. The molecule has 2 unspecified atom stereocenters. The minimum Gasteiger partial charge on any atom is -0.317 e. The van der Waals surface area contributed by atoms with Crippen molar-refractivity contribution in [3.05, 3.63) is 17.5 Å². The van der Waals surface area contributed by atoms with Gasteiger partial charge in [-0.05, 0) is 40.6 Å². The van der Waals surface area contributed by atoms with Gasteiger partial charge >= 0.3 is 0 Å². The van der Waals surface area contributed by atoms with Crippen molar-refractivity contribution in [2.45, 2.75) is 31.8 Å². The first-order chi connectivity index (χ1) is 9.49. The van der Waals surface area contributed by atoms with E-state index in [0.717, 1.165) is 12.1 Å². The Hall–Kier alpha value is -0.910. The van der Waals surface area contributed by atoms with E-state index in [1.807, 2.05) is 11.7 Å². The lowest BCUT2D eigenvalue weighted by atomic mass is 9.99. The van der Waals surface area contributed by atoms with E-state index in [0.29, 0.717) is 12.1 Å². The minimum atomic E-state index is 0.503.